The van der Waals surface area contributed by atoms with Gasteiger partial charge in [-0.2, -0.15) is 0 Å². The number of hydrogen-bond acceptors (Lipinski definition) is 8. The Bertz CT molecular complexity index is 554. The molecular weight excluding hydrogens is 334 g/mol. The van der Waals surface area contributed by atoms with E-state index in [2.05, 4.69) is 15.5 Å². The lowest BCUT2D eigenvalue weighted by Crippen LogP contribution is -2.37. The Morgan fingerprint density at radius 3 is 2.50 bits per heavy atom. The van der Waals surface area contributed by atoms with Crippen LogP contribution in [0.15, 0.2) is 9.64 Å². The van der Waals surface area contributed by atoms with Gasteiger partial charge in [0.2, 0.25) is 5.89 Å². The van der Waals surface area contributed by atoms with Gasteiger partial charge in [0.1, 0.15) is 17.4 Å². The highest BCUT2D eigenvalue weighted by Crippen LogP contribution is 2.25. The highest BCUT2D eigenvalue weighted by molar-refractivity contribution is 7.99. The second-order valence-electron chi connectivity index (χ2n) is 6.37. The van der Waals surface area contributed by atoms with Crippen LogP contribution in [-0.2, 0) is 14.3 Å². The predicted molar refractivity (Wildman–Crippen MR) is 88.6 cm³/mol. The third-order valence-electron chi connectivity index (χ3n) is 2.65. The number of ether oxygens (including phenoxy) is 2. The largest absolute Gasteiger partial charge is 0.465 e. The van der Waals surface area contributed by atoms with E-state index in [0.29, 0.717) is 6.61 Å². The lowest BCUT2D eigenvalue weighted by molar-refractivity contribution is -0.139. The summed E-state index contributed by atoms with van der Waals surface area (Å²) in [6, 6.07) is -0.482. The van der Waals surface area contributed by atoms with Gasteiger partial charge in [-0.15, -0.1) is 10.2 Å². The zero-order valence-corrected chi connectivity index (χ0v) is 15.7. The van der Waals surface area contributed by atoms with E-state index in [1.54, 1.807) is 27.7 Å². The van der Waals surface area contributed by atoms with Crippen molar-refractivity contribution in [2.24, 2.45) is 5.92 Å². The molecule has 1 amide bonds. The van der Waals surface area contributed by atoms with Crippen molar-refractivity contribution >= 4 is 23.8 Å². The third-order valence-corrected chi connectivity index (χ3v) is 3.44. The summed E-state index contributed by atoms with van der Waals surface area (Å²) in [6.45, 7) is 11.2. The molecule has 136 valence electrons. The van der Waals surface area contributed by atoms with Gasteiger partial charge >= 0.3 is 12.1 Å². The van der Waals surface area contributed by atoms with Gasteiger partial charge in [0.15, 0.2) is 0 Å². The third kappa shape index (κ3) is 7.20. The molecular formula is C15H25N3O5S. The monoisotopic (exact) mass is 359 g/mol. The number of aromatic nitrogens is 2. The number of esters is 1. The summed E-state index contributed by atoms with van der Waals surface area (Å²) in [5.74, 6) is 0.0130. The van der Waals surface area contributed by atoms with E-state index in [4.69, 9.17) is 13.9 Å². The maximum absolute atomic E-state index is 12.0. The summed E-state index contributed by atoms with van der Waals surface area (Å²) < 4.78 is 15.6. The first-order valence-electron chi connectivity index (χ1n) is 7.73. The van der Waals surface area contributed by atoms with E-state index in [1.807, 2.05) is 13.8 Å². The van der Waals surface area contributed by atoms with Crippen molar-refractivity contribution < 1.29 is 23.5 Å². The van der Waals surface area contributed by atoms with E-state index in [9.17, 15) is 9.59 Å². The fourth-order valence-electron chi connectivity index (χ4n) is 1.68. The van der Waals surface area contributed by atoms with E-state index >= 15 is 0 Å². The van der Waals surface area contributed by atoms with Gasteiger partial charge < -0.3 is 19.2 Å². The van der Waals surface area contributed by atoms with Gasteiger partial charge in [-0.25, -0.2) is 4.79 Å². The molecule has 1 heterocycles. The van der Waals surface area contributed by atoms with Gasteiger partial charge in [-0.3, -0.25) is 4.79 Å². The molecule has 0 aromatic carbocycles. The van der Waals surface area contributed by atoms with Gasteiger partial charge in [0.25, 0.3) is 5.22 Å². The first kappa shape index (κ1) is 20.3. The van der Waals surface area contributed by atoms with E-state index in [1.165, 1.54) is 0 Å². The molecule has 0 saturated carbocycles. The van der Waals surface area contributed by atoms with Gasteiger partial charge in [-0.1, -0.05) is 25.6 Å². The molecule has 0 fully saturated rings. The molecule has 1 rings (SSSR count). The summed E-state index contributed by atoms with van der Waals surface area (Å²) >= 11 is 1.09. The number of amides is 1. The summed E-state index contributed by atoms with van der Waals surface area (Å²) in [5, 5.41) is 10.8. The molecule has 0 spiro atoms. The van der Waals surface area contributed by atoms with Crippen molar-refractivity contribution in [3.8, 4) is 0 Å². The average Bonchev–Trinajstić information content (AvgIpc) is 2.89. The Balaban J connectivity index is 2.69. The van der Waals surface area contributed by atoms with Crippen LogP contribution in [0.4, 0.5) is 4.79 Å². The molecule has 1 aromatic rings. The highest BCUT2D eigenvalue weighted by Gasteiger charge is 2.27. The van der Waals surface area contributed by atoms with Crippen LogP contribution in [0.25, 0.3) is 0 Å². The zero-order chi connectivity index (χ0) is 18.3. The standard InChI is InChI=1S/C15H25N3O5S/c1-7-21-10(19)8-24-14-18-17-12(22-14)11(9(2)3)16-13(20)23-15(4,5)6/h9,11H,7-8H2,1-6H3,(H,16,20)/t11-/m0/s1. The van der Waals surface area contributed by atoms with Crippen molar-refractivity contribution in [1.29, 1.82) is 0 Å². The SMILES string of the molecule is CCOC(=O)CSc1nnc([C@@H](NC(=O)OC(C)(C)C)C(C)C)o1. The average molecular weight is 359 g/mol. The maximum Gasteiger partial charge on any atom is 0.408 e. The Labute approximate surface area is 146 Å². The van der Waals surface area contributed by atoms with Crippen LogP contribution in [0, 0.1) is 5.92 Å². The number of carbonyl (C=O) groups is 2. The molecule has 1 N–H and O–H groups in total. The fourth-order valence-corrected chi connectivity index (χ4v) is 2.24. The number of carbonyl (C=O) groups excluding carboxylic acids is 2. The summed E-state index contributed by atoms with van der Waals surface area (Å²) in [7, 11) is 0. The van der Waals surface area contributed by atoms with Gasteiger partial charge in [-0.05, 0) is 33.6 Å². The van der Waals surface area contributed by atoms with Crippen molar-refractivity contribution in [2.75, 3.05) is 12.4 Å². The van der Waals surface area contributed by atoms with Crippen molar-refractivity contribution in [1.82, 2.24) is 15.5 Å². The molecule has 0 aliphatic heterocycles. The molecule has 24 heavy (non-hydrogen) atoms. The molecule has 1 atom stereocenters. The minimum absolute atomic E-state index is 0.0147. The van der Waals surface area contributed by atoms with Crippen LogP contribution in [0.5, 0.6) is 0 Å². The minimum Gasteiger partial charge on any atom is -0.465 e. The molecule has 0 bridgehead atoms. The molecule has 0 radical (unpaired) electrons. The number of thioether (sulfide) groups is 1. The molecule has 1 aromatic heterocycles. The first-order valence-corrected chi connectivity index (χ1v) is 8.72. The second kappa shape index (κ2) is 8.91. The second-order valence-corrected chi connectivity index (χ2v) is 7.29. The highest BCUT2D eigenvalue weighted by atomic mass is 32.2. The summed E-state index contributed by atoms with van der Waals surface area (Å²) in [5.41, 5.74) is -0.596. The Morgan fingerprint density at radius 2 is 1.96 bits per heavy atom. The summed E-state index contributed by atoms with van der Waals surface area (Å²) in [4.78, 5) is 23.3. The lowest BCUT2D eigenvalue weighted by atomic mass is 10.1. The van der Waals surface area contributed by atoms with Gasteiger partial charge in [0.05, 0.1) is 6.61 Å². The maximum atomic E-state index is 12.0. The Kier molecular flexibility index (Phi) is 7.53. The van der Waals surface area contributed by atoms with E-state index in [0.717, 1.165) is 11.8 Å². The molecule has 0 unspecified atom stereocenters. The Morgan fingerprint density at radius 1 is 1.29 bits per heavy atom. The summed E-state index contributed by atoms with van der Waals surface area (Å²) in [6.07, 6.45) is -0.555. The topological polar surface area (TPSA) is 104 Å². The van der Waals surface area contributed by atoms with Crippen LogP contribution in [0.1, 0.15) is 53.5 Å². The van der Waals surface area contributed by atoms with Crippen LogP contribution in [-0.4, -0.2) is 40.2 Å². The number of nitrogens with one attached hydrogen (secondary N) is 1. The smallest absolute Gasteiger partial charge is 0.408 e. The van der Waals surface area contributed by atoms with Crippen molar-refractivity contribution in [2.45, 2.75) is 58.4 Å². The van der Waals surface area contributed by atoms with Crippen LogP contribution < -0.4 is 5.32 Å². The van der Waals surface area contributed by atoms with Crippen LogP contribution in [0.2, 0.25) is 0 Å². The lowest BCUT2D eigenvalue weighted by Gasteiger charge is -2.23. The normalized spacial score (nSPS) is 12.8. The number of rotatable bonds is 7. The van der Waals surface area contributed by atoms with E-state index in [-0.39, 0.29) is 28.8 Å². The number of alkyl carbamates (subject to hydrolysis) is 1. The molecule has 0 saturated heterocycles. The fraction of sp³-hybridized carbons (Fsp3) is 0.733. The van der Waals surface area contributed by atoms with E-state index < -0.39 is 17.7 Å². The first-order chi connectivity index (χ1) is 11.1. The molecule has 0 aliphatic carbocycles. The van der Waals surface area contributed by atoms with Crippen molar-refractivity contribution in [3.05, 3.63) is 5.89 Å². The van der Waals surface area contributed by atoms with Crippen LogP contribution in [0.3, 0.4) is 0 Å². The predicted octanol–water partition coefficient (Wildman–Crippen LogP) is 2.95. The quantitative estimate of drug-likeness (QED) is 0.585. The molecule has 0 aliphatic rings. The number of hydrogen-bond donors (Lipinski definition) is 1. The molecule has 9 heteroatoms. The zero-order valence-electron chi connectivity index (χ0n) is 14.9. The Hall–Kier alpha value is -1.77. The van der Waals surface area contributed by atoms with Gasteiger partial charge in [0, 0.05) is 0 Å². The minimum atomic E-state index is -0.596. The van der Waals surface area contributed by atoms with Crippen LogP contribution >= 0.6 is 11.8 Å². The van der Waals surface area contributed by atoms with Crippen molar-refractivity contribution in [3.63, 3.8) is 0 Å². The number of nitrogens with zero attached hydrogens (tertiary/aromatic N) is 2. The molecule has 8 nitrogen and oxygen atoms in total.